The molecule has 6 aromatic rings. The highest BCUT2D eigenvalue weighted by Gasteiger charge is 2.22. The largest absolute Gasteiger partial charge is 0.360 e. The van der Waals surface area contributed by atoms with Crippen LogP contribution in [0.15, 0.2) is 59.9 Å². The van der Waals surface area contributed by atoms with E-state index in [9.17, 15) is 4.79 Å². The standard InChI is InChI=1S/C25H24N10OS/c1-4-26-25-32-31-23(37-25)17-12-27-20-18(17)21(29-13-28-20)30-15(3)22-33-34-11-10-14(2)19(34)24(36)35(22)16-8-6-5-7-9-16/h5-13,15H,4H2,1-3H3,(H,26,32)(H2,27,28,29,30). The lowest BCUT2D eigenvalue weighted by Gasteiger charge is -2.20. The molecule has 186 valence electrons. The predicted molar refractivity (Wildman–Crippen MR) is 145 cm³/mol. The average Bonchev–Trinajstić information content (AvgIpc) is 3.64. The van der Waals surface area contributed by atoms with Crippen LogP contribution in [-0.2, 0) is 0 Å². The second-order valence-corrected chi connectivity index (χ2v) is 9.56. The maximum Gasteiger partial charge on any atom is 0.282 e. The molecule has 1 unspecified atom stereocenters. The zero-order valence-corrected chi connectivity index (χ0v) is 21.2. The van der Waals surface area contributed by atoms with Crippen LogP contribution in [0.3, 0.4) is 0 Å². The summed E-state index contributed by atoms with van der Waals surface area (Å²) in [7, 11) is 0. The van der Waals surface area contributed by atoms with E-state index >= 15 is 0 Å². The molecular formula is C25H24N10OS. The van der Waals surface area contributed by atoms with Crippen molar-refractivity contribution in [2.75, 3.05) is 17.2 Å². The molecule has 1 aromatic carbocycles. The summed E-state index contributed by atoms with van der Waals surface area (Å²) in [5.41, 5.74) is 3.54. The molecule has 0 aliphatic carbocycles. The molecule has 5 aromatic heterocycles. The molecule has 5 heterocycles. The lowest BCUT2D eigenvalue weighted by molar-refractivity contribution is 0.673. The van der Waals surface area contributed by atoms with Crippen LogP contribution < -0.4 is 16.2 Å². The van der Waals surface area contributed by atoms with E-state index in [1.54, 1.807) is 9.08 Å². The van der Waals surface area contributed by atoms with E-state index in [0.29, 0.717) is 22.8 Å². The maximum absolute atomic E-state index is 13.7. The van der Waals surface area contributed by atoms with Crippen LogP contribution in [0.1, 0.15) is 31.3 Å². The van der Waals surface area contributed by atoms with Gasteiger partial charge in [0.15, 0.2) is 10.8 Å². The Bertz CT molecular complexity index is 1780. The molecule has 1 atom stereocenters. The lowest BCUT2D eigenvalue weighted by atomic mass is 10.2. The van der Waals surface area contributed by atoms with E-state index in [0.717, 1.165) is 38.9 Å². The normalized spacial score (nSPS) is 12.3. The zero-order chi connectivity index (χ0) is 25.5. The quantitative estimate of drug-likeness (QED) is 0.290. The Hall–Kier alpha value is -4.58. The number of nitrogens with zero attached hydrogens (tertiary/aromatic N) is 7. The molecule has 0 aliphatic rings. The number of nitrogens with one attached hydrogen (secondary N) is 3. The van der Waals surface area contributed by atoms with E-state index in [4.69, 9.17) is 5.10 Å². The first-order chi connectivity index (χ1) is 18.0. The fraction of sp³-hybridized carbons (Fsp3) is 0.200. The lowest BCUT2D eigenvalue weighted by Crippen LogP contribution is -2.29. The molecule has 0 saturated carbocycles. The van der Waals surface area contributed by atoms with Gasteiger partial charge in [-0.15, -0.1) is 10.2 Å². The van der Waals surface area contributed by atoms with Gasteiger partial charge in [0.2, 0.25) is 5.13 Å². The smallest absolute Gasteiger partial charge is 0.282 e. The van der Waals surface area contributed by atoms with Crippen molar-refractivity contribution in [3.63, 3.8) is 0 Å². The highest BCUT2D eigenvalue weighted by atomic mass is 32.1. The minimum Gasteiger partial charge on any atom is -0.360 e. The van der Waals surface area contributed by atoms with Gasteiger partial charge >= 0.3 is 0 Å². The molecule has 12 heteroatoms. The summed E-state index contributed by atoms with van der Waals surface area (Å²) in [6.45, 7) is 6.64. The van der Waals surface area contributed by atoms with Crippen molar-refractivity contribution >= 4 is 38.8 Å². The molecule has 0 radical (unpaired) electrons. The topological polar surface area (TPSA) is 131 Å². The molecule has 11 nitrogen and oxygen atoms in total. The Morgan fingerprint density at radius 1 is 1.14 bits per heavy atom. The van der Waals surface area contributed by atoms with E-state index < -0.39 is 0 Å². The van der Waals surface area contributed by atoms with Crippen molar-refractivity contribution in [2.45, 2.75) is 26.8 Å². The van der Waals surface area contributed by atoms with E-state index in [2.05, 4.69) is 35.8 Å². The molecule has 0 fully saturated rings. The summed E-state index contributed by atoms with van der Waals surface area (Å²) < 4.78 is 3.30. The van der Waals surface area contributed by atoms with E-state index in [1.165, 1.54) is 17.7 Å². The van der Waals surface area contributed by atoms with Gasteiger partial charge in [0.05, 0.1) is 17.1 Å². The molecular weight excluding hydrogens is 488 g/mol. The van der Waals surface area contributed by atoms with Gasteiger partial charge in [0.1, 0.15) is 23.3 Å². The van der Waals surface area contributed by atoms with Crippen molar-refractivity contribution in [3.05, 3.63) is 76.9 Å². The number of fused-ring (bicyclic) bond motifs is 2. The Balaban J connectivity index is 1.47. The number of aromatic amines is 1. The van der Waals surface area contributed by atoms with Crippen LogP contribution in [0.5, 0.6) is 0 Å². The van der Waals surface area contributed by atoms with Gasteiger partial charge < -0.3 is 15.6 Å². The minimum atomic E-state index is -0.382. The highest BCUT2D eigenvalue weighted by molar-refractivity contribution is 7.18. The van der Waals surface area contributed by atoms with Gasteiger partial charge in [-0.05, 0) is 44.5 Å². The van der Waals surface area contributed by atoms with Crippen molar-refractivity contribution in [1.82, 2.24) is 39.3 Å². The van der Waals surface area contributed by atoms with Crippen LogP contribution in [0.4, 0.5) is 10.9 Å². The SMILES string of the molecule is CCNc1nnc(-c2c[nH]c3ncnc(NC(C)c4nn5ccc(C)c5c(=O)n4-c4ccccc4)c23)s1. The Kier molecular flexibility index (Phi) is 5.64. The van der Waals surface area contributed by atoms with Crippen molar-refractivity contribution in [3.8, 4) is 16.3 Å². The third kappa shape index (κ3) is 3.91. The van der Waals surface area contributed by atoms with Crippen molar-refractivity contribution in [2.24, 2.45) is 0 Å². The van der Waals surface area contributed by atoms with Gasteiger partial charge in [0.25, 0.3) is 5.56 Å². The monoisotopic (exact) mass is 512 g/mol. The van der Waals surface area contributed by atoms with E-state index in [-0.39, 0.29) is 11.6 Å². The molecule has 37 heavy (non-hydrogen) atoms. The first kappa shape index (κ1) is 22.9. The van der Waals surface area contributed by atoms with Gasteiger partial charge in [0, 0.05) is 24.5 Å². The predicted octanol–water partition coefficient (Wildman–Crippen LogP) is 4.19. The second kappa shape index (κ2) is 9.13. The molecule has 0 bridgehead atoms. The van der Waals surface area contributed by atoms with Crippen molar-refractivity contribution in [1.29, 1.82) is 0 Å². The zero-order valence-electron chi connectivity index (χ0n) is 20.4. The van der Waals surface area contributed by atoms with Gasteiger partial charge in [-0.2, -0.15) is 5.10 Å². The average molecular weight is 513 g/mol. The first-order valence-corrected chi connectivity index (χ1v) is 12.7. The molecule has 6 rings (SSSR count). The Morgan fingerprint density at radius 2 is 1.97 bits per heavy atom. The van der Waals surface area contributed by atoms with Crippen LogP contribution >= 0.6 is 11.3 Å². The van der Waals surface area contributed by atoms with Gasteiger partial charge in [-0.3, -0.25) is 9.36 Å². The van der Waals surface area contributed by atoms with Crippen molar-refractivity contribution < 1.29 is 0 Å². The summed E-state index contributed by atoms with van der Waals surface area (Å²) >= 11 is 1.46. The molecule has 3 N–H and O–H groups in total. The maximum atomic E-state index is 13.7. The van der Waals surface area contributed by atoms with Gasteiger partial charge in [-0.25, -0.2) is 14.5 Å². The second-order valence-electron chi connectivity index (χ2n) is 8.58. The van der Waals surface area contributed by atoms with Crippen LogP contribution in [0.25, 0.3) is 32.8 Å². The molecule has 0 amide bonds. The van der Waals surface area contributed by atoms with Gasteiger partial charge in [-0.1, -0.05) is 29.5 Å². The summed E-state index contributed by atoms with van der Waals surface area (Å²) in [4.78, 5) is 25.8. The molecule has 0 aliphatic heterocycles. The number of benzene rings is 1. The summed E-state index contributed by atoms with van der Waals surface area (Å²) in [6, 6.07) is 11.0. The Morgan fingerprint density at radius 3 is 2.78 bits per heavy atom. The first-order valence-electron chi connectivity index (χ1n) is 11.9. The number of hydrogen-bond acceptors (Lipinski definition) is 9. The number of aromatic nitrogens is 8. The fourth-order valence-corrected chi connectivity index (χ4v) is 5.24. The fourth-order valence-electron chi connectivity index (χ4n) is 4.40. The summed E-state index contributed by atoms with van der Waals surface area (Å²) in [6.07, 6.45) is 5.17. The van der Waals surface area contributed by atoms with E-state index in [1.807, 2.05) is 69.6 Å². The number of hydrogen-bond donors (Lipinski definition) is 3. The highest BCUT2D eigenvalue weighted by Crippen LogP contribution is 2.35. The number of anilines is 2. The summed E-state index contributed by atoms with van der Waals surface area (Å²) in [5.74, 6) is 1.15. The van der Waals surface area contributed by atoms with Crippen LogP contribution in [-0.4, -0.2) is 45.9 Å². The summed E-state index contributed by atoms with van der Waals surface area (Å²) in [5, 5.41) is 22.4. The van der Waals surface area contributed by atoms with Crippen LogP contribution in [0, 0.1) is 6.92 Å². The molecule has 0 spiro atoms. The number of H-pyrrole nitrogens is 1. The Labute approximate surface area is 215 Å². The number of aryl methyl sites for hydroxylation is 1. The number of rotatable bonds is 7. The third-order valence-electron chi connectivity index (χ3n) is 6.12. The van der Waals surface area contributed by atoms with Crippen LogP contribution in [0.2, 0.25) is 0 Å². The third-order valence-corrected chi connectivity index (χ3v) is 7.04. The number of para-hydroxylation sites is 1. The molecule has 0 saturated heterocycles. The minimum absolute atomic E-state index is 0.132.